The summed E-state index contributed by atoms with van der Waals surface area (Å²) >= 11 is 6.48. The monoisotopic (exact) mass is 388 g/mol. The van der Waals surface area contributed by atoms with Crippen LogP contribution in [0.1, 0.15) is 5.56 Å². The molecule has 0 bridgehead atoms. The lowest BCUT2D eigenvalue weighted by atomic mass is 10.1. The van der Waals surface area contributed by atoms with E-state index in [1.807, 2.05) is 33.9 Å². The molecule has 0 spiro atoms. The number of fused-ring (bicyclic) bond motifs is 2. The lowest BCUT2D eigenvalue weighted by Crippen LogP contribution is -2.40. The predicted molar refractivity (Wildman–Crippen MR) is 101 cm³/mol. The molecule has 0 saturated carbocycles. The maximum Gasteiger partial charge on any atom is 0.248 e. The summed E-state index contributed by atoms with van der Waals surface area (Å²) in [7, 11) is 0. The Morgan fingerprint density at radius 3 is 2.96 bits per heavy atom. The van der Waals surface area contributed by atoms with Crippen molar-refractivity contribution >= 4 is 28.4 Å². The van der Waals surface area contributed by atoms with Gasteiger partial charge in [-0.15, -0.1) is 0 Å². The molecule has 0 saturated heterocycles. The summed E-state index contributed by atoms with van der Waals surface area (Å²) in [6.07, 6.45) is 1.87. The van der Waals surface area contributed by atoms with Gasteiger partial charge in [0.25, 0.3) is 0 Å². The van der Waals surface area contributed by atoms with E-state index in [-0.39, 0.29) is 18.3 Å². The van der Waals surface area contributed by atoms with Crippen molar-refractivity contribution in [2.75, 3.05) is 19.7 Å². The van der Waals surface area contributed by atoms with E-state index >= 15 is 0 Å². The predicted octanol–water partition coefficient (Wildman–Crippen LogP) is 2.61. The summed E-state index contributed by atoms with van der Waals surface area (Å²) in [5.41, 5.74) is 4.74. The van der Waals surface area contributed by atoms with E-state index in [0.717, 1.165) is 22.2 Å². The number of halogens is 2. The molecular formula is C19H18ClFN4O2. The van der Waals surface area contributed by atoms with Crippen molar-refractivity contribution in [1.29, 1.82) is 0 Å². The third kappa shape index (κ3) is 3.49. The number of carbonyl (C=O) groups is 1. The normalized spacial score (nSPS) is 14.5. The molecule has 3 N–H and O–H groups in total. The molecule has 8 heteroatoms. The van der Waals surface area contributed by atoms with Gasteiger partial charge < -0.3 is 9.30 Å². The molecule has 0 fully saturated rings. The molecule has 0 unspecified atom stereocenters. The maximum absolute atomic E-state index is 13.5. The molecule has 2 aromatic carbocycles. The van der Waals surface area contributed by atoms with Gasteiger partial charge >= 0.3 is 0 Å². The van der Waals surface area contributed by atoms with Crippen molar-refractivity contribution < 1.29 is 13.9 Å². The van der Waals surface area contributed by atoms with E-state index in [1.165, 1.54) is 12.1 Å². The zero-order valence-electron chi connectivity index (χ0n) is 14.4. The van der Waals surface area contributed by atoms with E-state index in [0.29, 0.717) is 30.5 Å². The van der Waals surface area contributed by atoms with Crippen LogP contribution in [0.4, 0.5) is 4.39 Å². The maximum atomic E-state index is 13.5. The molecule has 6 nitrogen and oxygen atoms in total. The van der Waals surface area contributed by atoms with Crippen LogP contribution in [0.3, 0.4) is 0 Å². The number of carbonyl (C=O) groups excluding carboxylic acids is 1. The van der Waals surface area contributed by atoms with Crippen LogP contribution >= 0.6 is 11.6 Å². The van der Waals surface area contributed by atoms with Gasteiger partial charge in [-0.2, -0.15) is 0 Å². The van der Waals surface area contributed by atoms with Crippen LogP contribution in [0.2, 0.25) is 5.02 Å². The van der Waals surface area contributed by atoms with Gasteiger partial charge in [0.1, 0.15) is 18.2 Å². The molecule has 27 heavy (non-hydrogen) atoms. The first kappa shape index (κ1) is 17.8. The van der Waals surface area contributed by atoms with E-state index in [4.69, 9.17) is 22.2 Å². The molecule has 140 valence electrons. The number of nitrogens with one attached hydrogen (secondary N) is 1. The fourth-order valence-corrected chi connectivity index (χ4v) is 3.66. The zero-order chi connectivity index (χ0) is 19.0. The first-order valence-corrected chi connectivity index (χ1v) is 8.87. The lowest BCUT2D eigenvalue weighted by Gasteiger charge is -2.18. The summed E-state index contributed by atoms with van der Waals surface area (Å²) < 4.78 is 21.2. The minimum absolute atomic E-state index is 0.173. The molecule has 1 amide bonds. The minimum Gasteiger partial charge on any atom is -0.490 e. The SMILES string of the molecule is NNC(=O)CN1CCOc2c(Cl)cc(-n3ccc4cc(F)ccc43)cc2C1. The van der Waals surface area contributed by atoms with E-state index in [1.54, 1.807) is 6.07 Å². The highest BCUT2D eigenvalue weighted by molar-refractivity contribution is 6.32. The Balaban J connectivity index is 1.74. The Hall–Kier alpha value is -2.61. The second-order valence-electron chi connectivity index (χ2n) is 6.43. The van der Waals surface area contributed by atoms with Gasteiger partial charge in [0.05, 0.1) is 17.1 Å². The number of amides is 1. The molecule has 1 aromatic heterocycles. The second-order valence-corrected chi connectivity index (χ2v) is 6.84. The summed E-state index contributed by atoms with van der Waals surface area (Å²) in [6.45, 7) is 1.69. The number of hydrazine groups is 1. The number of ether oxygens (including phenoxy) is 1. The molecule has 4 rings (SSSR count). The first-order chi connectivity index (χ1) is 13.0. The van der Waals surface area contributed by atoms with Crippen molar-refractivity contribution in [1.82, 2.24) is 14.9 Å². The first-order valence-electron chi connectivity index (χ1n) is 8.49. The van der Waals surface area contributed by atoms with Crippen molar-refractivity contribution in [2.45, 2.75) is 6.54 Å². The lowest BCUT2D eigenvalue weighted by molar-refractivity contribution is -0.122. The average molecular weight is 389 g/mol. The van der Waals surface area contributed by atoms with Crippen LogP contribution in [-0.4, -0.2) is 35.1 Å². The van der Waals surface area contributed by atoms with Crippen molar-refractivity contribution in [3.05, 3.63) is 59.0 Å². The quantitative estimate of drug-likeness (QED) is 0.411. The molecule has 1 aliphatic rings. The Morgan fingerprint density at radius 2 is 2.15 bits per heavy atom. The zero-order valence-corrected chi connectivity index (χ0v) is 15.2. The van der Waals surface area contributed by atoms with Crippen LogP contribution in [-0.2, 0) is 11.3 Å². The summed E-state index contributed by atoms with van der Waals surface area (Å²) in [4.78, 5) is 13.6. The fourth-order valence-electron chi connectivity index (χ4n) is 3.37. The highest BCUT2D eigenvalue weighted by atomic mass is 35.5. The van der Waals surface area contributed by atoms with Gasteiger partial charge in [0.2, 0.25) is 5.91 Å². The molecule has 0 aliphatic carbocycles. The number of rotatable bonds is 3. The van der Waals surface area contributed by atoms with Gasteiger partial charge in [-0.25, -0.2) is 10.2 Å². The van der Waals surface area contributed by atoms with Gasteiger partial charge in [0, 0.05) is 35.9 Å². The largest absolute Gasteiger partial charge is 0.490 e. The van der Waals surface area contributed by atoms with E-state index in [2.05, 4.69) is 5.43 Å². The van der Waals surface area contributed by atoms with Crippen molar-refractivity contribution in [3.8, 4) is 11.4 Å². The Labute approximate surface area is 160 Å². The highest BCUT2D eigenvalue weighted by Crippen LogP contribution is 2.35. The third-order valence-corrected chi connectivity index (χ3v) is 4.89. The molecule has 1 aliphatic heterocycles. The summed E-state index contributed by atoms with van der Waals surface area (Å²) in [6, 6.07) is 10.3. The average Bonchev–Trinajstić information content (AvgIpc) is 2.94. The Kier molecular flexibility index (Phi) is 4.73. The van der Waals surface area contributed by atoms with Crippen LogP contribution in [0.25, 0.3) is 16.6 Å². The molecule has 0 radical (unpaired) electrons. The minimum atomic E-state index is -0.276. The van der Waals surface area contributed by atoms with E-state index < -0.39 is 0 Å². The van der Waals surface area contributed by atoms with Crippen molar-refractivity contribution in [2.24, 2.45) is 5.84 Å². The van der Waals surface area contributed by atoms with Crippen LogP contribution in [0.15, 0.2) is 42.6 Å². The van der Waals surface area contributed by atoms with Crippen LogP contribution < -0.4 is 16.0 Å². The molecule has 2 heterocycles. The Bertz CT molecular complexity index is 1020. The van der Waals surface area contributed by atoms with Crippen molar-refractivity contribution in [3.63, 3.8) is 0 Å². The third-order valence-electron chi connectivity index (χ3n) is 4.61. The standard InChI is InChI=1S/C19H18ClFN4O2/c20-16-9-15(25-4-3-12-7-14(21)1-2-17(12)25)8-13-10-24(11-18(26)23-22)5-6-27-19(13)16/h1-4,7-9H,5-6,10-11,22H2,(H,23,26). The number of hydrogen-bond acceptors (Lipinski definition) is 4. The van der Waals surface area contributed by atoms with Gasteiger partial charge in [-0.1, -0.05) is 11.6 Å². The summed E-state index contributed by atoms with van der Waals surface area (Å²) in [5.74, 6) is 5.27. The highest BCUT2D eigenvalue weighted by Gasteiger charge is 2.21. The molecular weight excluding hydrogens is 371 g/mol. The van der Waals surface area contributed by atoms with Crippen LogP contribution in [0.5, 0.6) is 5.75 Å². The number of nitrogens with zero attached hydrogens (tertiary/aromatic N) is 2. The Morgan fingerprint density at radius 1 is 1.30 bits per heavy atom. The van der Waals surface area contributed by atoms with Gasteiger partial charge in [-0.3, -0.25) is 15.1 Å². The topological polar surface area (TPSA) is 72.5 Å². The van der Waals surface area contributed by atoms with E-state index in [9.17, 15) is 9.18 Å². The number of hydrogen-bond donors (Lipinski definition) is 2. The second kappa shape index (κ2) is 7.19. The van der Waals surface area contributed by atoms with Gasteiger partial charge in [-0.05, 0) is 36.4 Å². The van der Waals surface area contributed by atoms with Gasteiger partial charge in [0.15, 0.2) is 0 Å². The van der Waals surface area contributed by atoms with Crippen LogP contribution in [0, 0.1) is 5.82 Å². The molecule has 3 aromatic rings. The number of benzene rings is 2. The fraction of sp³-hybridized carbons (Fsp3) is 0.211. The number of nitrogens with two attached hydrogens (primary N) is 1. The summed E-state index contributed by atoms with van der Waals surface area (Å²) in [5, 5.41) is 1.30. The number of aromatic nitrogens is 1. The smallest absolute Gasteiger partial charge is 0.248 e. The molecule has 0 atom stereocenters.